The van der Waals surface area contributed by atoms with E-state index in [1.807, 2.05) is 5.38 Å². The maximum absolute atomic E-state index is 12.2. The average Bonchev–Trinajstić information content (AvgIpc) is 3.27. The number of hydrogen-bond acceptors (Lipinski definition) is 6. The molecule has 142 valence electrons. The molecule has 0 aliphatic rings. The van der Waals surface area contributed by atoms with Gasteiger partial charge in [0.1, 0.15) is 6.61 Å². The van der Waals surface area contributed by atoms with Gasteiger partial charge < -0.3 is 14.8 Å². The van der Waals surface area contributed by atoms with Crippen LogP contribution in [0.2, 0.25) is 0 Å². The smallest absolute Gasteiger partial charge is 0.338 e. The van der Waals surface area contributed by atoms with E-state index < -0.39 is 11.9 Å². The van der Waals surface area contributed by atoms with Crippen LogP contribution in [-0.4, -0.2) is 25.0 Å². The number of carbonyl (C=O) groups excluding carboxylic acids is 3. The highest BCUT2D eigenvalue weighted by atomic mass is 32.1. The predicted octanol–water partition coefficient (Wildman–Crippen LogP) is 4.14. The number of amides is 1. The largest absolute Gasteiger partial charge is 0.465 e. The van der Waals surface area contributed by atoms with E-state index in [1.54, 1.807) is 60.7 Å². The minimum atomic E-state index is -0.500. The van der Waals surface area contributed by atoms with Crippen LogP contribution in [-0.2, 0) is 16.1 Å². The summed E-state index contributed by atoms with van der Waals surface area (Å²) in [5.41, 5.74) is 2.01. The Morgan fingerprint density at radius 2 is 1.71 bits per heavy atom. The third-order valence-corrected chi connectivity index (χ3v) is 4.71. The second-order valence-corrected chi connectivity index (χ2v) is 6.72. The molecule has 6 nitrogen and oxygen atoms in total. The van der Waals surface area contributed by atoms with Crippen molar-refractivity contribution in [1.29, 1.82) is 0 Å². The number of methoxy groups -OCH3 is 1. The number of nitrogens with one attached hydrogen (secondary N) is 1. The third-order valence-electron chi connectivity index (χ3n) is 3.84. The Balaban J connectivity index is 1.57. The third kappa shape index (κ3) is 4.83. The van der Waals surface area contributed by atoms with Crippen LogP contribution in [0, 0.1) is 0 Å². The van der Waals surface area contributed by atoms with Crippen molar-refractivity contribution in [3.63, 3.8) is 0 Å². The number of thiophene rings is 1. The summed E-state index contributed by atoms with van der Waals surface area (Å²) >= 11 is 1.35. The molecule has 2 aromatic carbocycles. The van der Waals surface area contributed by atoms with E-state index in [4.69, 9.17) is 4.74 Å². The average molecular weight is 395 g/mol. The maximum atomic E-state index is 12.2. The van der Waals surface area contributed by atoms with Gasteiger partial charge in [0, 0.05) is 5.69 Å². The fourth-order valence-corrected chi connectivity index (χ4v) is 3.05. The summed E-state index contributed by atoms with van der Waals surface area (Å²) in [6, 6.07) is 16.7. The van der Waals surface area contributed by atoms with E-state index in [0.717, 1.165) is 0 Å². The molecule has 1 aromatic heterocycles. The summed E-state index contributed by atoms with van der Waals surface area (Å²) in [5, 5.41) is 4.59. The standard InChI is InChI=1S/C21H17NO5S/c1-26-20(24)16-5-2-4-14(12-16)13-27-21(25)15-7-9-17(10-8-15)22-19(23)18-6-3-11-28-18/h2-12H,13H2,1H3,(H,22,23). The van der Waals surface area contributed by atoms with Gasteiger partial charge in [-0.15, -0.1) is 11.3 Å². The van der Waals surface area contributed by atoms with Gasteiger partial charge in [0.15, 0.2) is 0 Å². The van der Waals surface area contributed by atoms with E-state index in [1.165, 1.54) is 18.4 Å². The Morgan fingerprint density at radius 1 is 0.929 bits per heavy atom. The summed E-state index contributed by atoms with van der Waals surface area (Å²) in [7, 11) is 1.31. The molecule has 0 saturated carbocycles. The number of carbonyl (C=O) groups is 3. The zero-order chi connectivity index (χ0) is 19.9. The molecule has 0 atom stereocenters. The lowest BCUT2D eigenvalue weighted by Gasteiger charge is -2.08. The normalized spacial score (nSPS) is 10.2. The fourth-order valence-electron chi connectivity index (χ4n) is 2.43. The Hall–Kier alpha value is -3.45. The second kappa shape index (κ2) is 8.96. The first-order valence-electron chi connectivity index (χ1n) is 8.36. The lowest BCUT2D eigenvalue weighted by atomic mass is 10.1. The van der Waals surface area contributed by atoms with Crippen LogP contribution in [0.5, 0.6) is 0 Å². The van der Waals surface area contributed by atoms with Crippen molar-refractivity contribution >= 4 is 34.9 Å². The SMILES string of the molecule is COC(=O)c1cccc(COC(=O)c2ccc(NC(=O)c3cccs3)cc2)c1. The molecule has 0 radical (unpaired) electrons. The van der Waals surface area contributed by atoms with Gasteiger partial charge in [-0.05, 0) is 53.4 Å². The van der Waals surface area contributed by atoms with E-state index >= 15 is 0 Å². The molecule has 7 heteroatoms. The summed E-state index contributed by atoms with van der Waals surface area (Å²) in [5.74, 6) is -1.15. The molecular weight excluding hydrogens is 378 g/mol. The van der Waals surface area contributed by atoms with Crippen LogP contribution in [0.25, 0.3) is 0 Å². The van der Waals surface area contributed by atoms with Crippen molar-refractivity contribution in [2.24, 2.45) is 0 Å². The van der Waals surface area contributed by atoms with E-state index in [9.17, 15) is 14.4 Å². The lowest BCUT2D eigenvalue weighted by Crippen LogP contribution is -2.10. The van der Waals surface area contributed by atoms with E-state index in [-0.39, 0.29) is 12.5 Å². The molecule has 0 aliphatic heterocycles. The minimum absolute atomic E-state index is 0.0283. The van der Waals surface area contributed by atoms with Crippen LogP contribution in [0.4, 0.5) is 5.69 Å². The van der Waals surface area contributed by atoms with Crippen molar-refractivity contribution in [1.82, 2.24) is 0 Å². The Kier molecular flexibility index (Phi) is 6.18. The second-order valence-electron chi connectivity index (χ2n) is 5.78. The fraction of sp³-hybridized carbons (Fsp3) is 0.0952. The molecule has 0 fully saturated rings. The predicted molar refractivity (Wildman–Crippen MR) is 106 cm³/mol. The Morgan fingerprint density at radius 3 is 2.39 bits per heavy atom. The number of anilines is 1. The molecule has 0 bridgehead atoms. The van der Waals surface area contributed by atoms with Crippen molar-refractivity contribution < 1.29 is 23.9 Å². The molecule has 1 heterocycles. The molecule has 1 amide bonds. The molecular formula is C21H17NO5S. The first kappa shape index (κ1) is 19.3. The molecule has 3 aromatic rings. The van der Waals surface area contributed by atoms with Crippen LogP contribution >= 0.6 is 11.3 Å². The Labute approximate surface area is 165 Å². The maximum Gasteiger partial charge on any atom is 0.338 e. The van der Waals surface area contributed by atoms with Gasteiger partial charge >= 0.3 is 11.9 Å². The molecule has 0 saturated heterocycles. The lowest BCUT2D eigenvalue weighted by molar-refractivity contribution is 0.0472. The van der Waals surface area contributed by atoms with Crippen LogP contribution in [0.3, 0.4) is 0 Å². The minimum Gasteiger partial charge on any atom is -0.465 e. The first-order chi connectivity index (χ1) is 13.6. The highest BCUT2D eigenvalue weighted by molar-refractivity contribution is 7.12. The zero-order valence-corrected chi connectivity index (χ0v) is 15.8. The van der Waals surface area contributed by atoms with Crippen molar-refractivity contribution in [3.8, 4) is 0 Å². The highest BCUT2D eigenvalue weighted by Crippen LogP contribution is 2.15. The van der Waals surface area contributed by atoms with Gasteiger partial charge in [-0.1, -0.05) is 18.2 Å². The molecule has 0 spiro atoms. The monoisotopic (exact) mass is 395 g/mol. The highest BCUT2D eigenvalue weighted by Gasteiger charge is 2.11. The molecule has 28 heavy (non-hydrogen) atoms. The van der Waals surface area contributed by atoms with Gasteiger partial charge in [-0.25, -0.2) is 9.59 Å². The Bertz CT molecular complexity index is 980. The summed E-state index contributed by atoms with van der Waals surface area (Å²) < 4.78 is 9.96. The van der Waals surface area contributed by atoms with Crippen LogP contribution in [0.1, 0.15) is 36.0 Å². The first-order valence-corrected chi connectivity index (χ1v) is 9.24. The van der Waals surface area contributed by atoms with E-state index in [0.29, 0.717) is 27.3 Å². The van der Waals surface area contributed by atoms with Gasteiger partial charge in [0.05, 0.1) is 23.1 Å². The van der Waals surface area contributed by atoms with Gasteiger partial charge in [0.25, 0.3) is 5.91 Å². The van der Waals surface area contributed by atoms with Crippen molar-refractivity contribution in [2.75, 3.05) is 12.4 Å². The summed E-state index contributed by atoms with van der Waals surface area (Å²) in [4.78, 5) is 36.4. The molecule has 3 rings (SSSR count). The summed E-state index contributed by atoms with van der Waals surface area (Å²) in [6.45, 7) is 0.0283. The number of ether oxygens (including phenoxy) is 2. The number of esters is 2. The number of rotatable bonds is 6. The molecule has 0 unspecified atom stereocenters. The van der Waals surface area contributed by atoms with Crippen molar-refractivity contribution in [2.45, 2.75) is 6.61 Å². The van der Waals surface area contributed by atoms with Gasteiger partial charge in [0.2, 0.25) is 0 Å². The topological polar surface area (TPSA) is 81.7 Å². The number of hydrogen-bond donors (Lipinski definition) is 1. The van der Waals surface area contributed by atoms with Gasteiger partial charge in [-0.3, -0.25) is 4.79 Å². The van der Waals surface area contributed by atoms with Crippen LogP contribution in [0.15, 0.2) is 66.0 Å². The van der Waals surface area contributed by atoms with Crippen molar-refractivity contribution in [3.05, 3.63) is 87.6 Å². The molecule has 1 N–H and O–H groups in total. The molecule has 0 aliphatic carbocycles. The number of benzene rings is 2. The van der Waals surface area contributed by atoms with Gasteiger partial charge in [-0.2, -0.15) is 0 Å². The summed E-state index contributed by atoms with van der Waals surface area (Å²) in [6.07, 6.45) is 0. The quantitative estimate of drug-likeness (QED) is 0.634. The van der Waals surface area contributed by atoms with Crippen LogP contribution < -0.4 is 5.32 Å². The van der Waals surface area contributed by atoms with E-state index in [2.05, 4.69) is 10.1 Å². The zero-order valence-electron chi connectivity index (χ0n) is 15.0.